The molecule has 0 radical (unpaired) electrons. The van der Waals surface area contributed by atoms with E-state index in [0.717, 1.165) is 30.9 Å². The average Bonchev–Trinajstić information content (AvgIpc) is 2.82. The fourth-order valence-corrected chi connectivity index (χ4v) is 5.20. The normalized spacial score (nSPS) is 14.6. The summed E-state index contributed by atoms with van der Waals surface area (Å²) in [5.41, 5.74) is 0.635. The third-order valence-electron chi connectivity index (χ3n) is 5.33. The lowest BCUT2D eigenvalue weighted by molar-refractivity contribution is -0.384. The van der Waals surface area contributed by atoms with Crippen LogP contribution in [0.15, 0.2) is 35.2 Å². The molecule has 32 heavy (non-hydrogen) atoms. The van der Waals surface area contributed by atoms with Gasteiger partial charge in [-0.2, -0.15) is 4.31 Å². The molecule has 0 aromatic heterocycles. The molecule has 1 aliphatic rings. The topological polar surface area (TPSA) is 120 Å². The summed E-state index contributed by atoms with van der Waals surface area (Å²) in [6, 6.07) is 7.40. The van der Waals surface area contributed by atoms with Gasteiger partial charge in [0.25, 0.3) is 5.69 Å². The van der Waals surface area contributed by atoms with Crippen molar-refractivity contribution >= 4 is 21.4 Å². The van der Waals surface area contributed by atoms with Crippen molar-refractivity contribution < 1.29 is 27.6 Å². The van der Waals surface area contributed by atoms with Crippen LogP contribution in [0.3, 0.4) is 0 Å². The molecule has 1 N–H and O–H groups in total. The summed E-state index contributed by atoms with van der Waals surface area (Å²) in [6.07, 6.45) is 2.56. The van der Waals surface area contributed by atoms with Crippen molar-refractivity contribution in [3.8, 4) is 17.2 Å². The van der Waals surface area contributed by atoms with Gasteiger partial charge < -0.3 is 19.5 Å². The molecular formula is C21H27N3O7S. The second-order valence-electron chi connectivity index (χ2n) is 7.29. The standard InChI is InChI=1S/C21H27N3O7S/c1-29-19-11-15(12-20(30-2)21(19)31-3)14-22-17-8-7-16(13-18(17)24(25)26)32(27,28)23-9-5-4-6-10-23/h7-8,11-13,22H,4-6,9-10,14H2,1-3H3. The Morgan fingerprint density at radius 1 is 1.00 bits per heavy atom. The summed E-state index contributed by atoms with van der Waals surface area (Å²) in [6.45, 7) is 1.07. The lowest BCUT2D eigenvalue weighted by Crippen LogP contribution is -2.35. The van der Waals surface area contributed by atoms with E-state index in [1.165, 1.54) is 37.8 Å². The second-order valence-corrected chi connectivity index (χ2v) is 9.23. The van der Waals surface area contributed by atoms with Gasteiger partial charge in [0.2, 0.25) is 15.8 Å². The van der Waals surface area contributed by atoms with Crippen molar-refractivity contribution in [3.63, 3.8) is 0 Å². The first-order valence-electron chi connectivity index (χ1n) is 10.1. The first-order valence-corrected chi connectivity index (χ1v) is 11.6. The largest absolute Gasteiger partial charge is 0.493 e. The number of methoxy groups -OCH3 is 3. The van der Waals surface area contributed by atoms with Gasteiger partial charge in [0.05, 0.1) is 31.1 Å². The van der Waals surface area contributed by atoms with Crippen molar-refractivity contribution in [1.82, 2.24) is 4.31 Å². The Bertz CT molecular complexity index is 1060. The van der Waals surface area contributed by atoms with Gasteiger partial charge in [0, 0.05) is 25.7 Å². The Hall–Kier alpha value is -3.05. The van der Waals surface area contributed by atoms with Crippen LogP contribution in [0.25, 0.3) is 0 Å². The summed E-state index contributed by atoms with van der Waals surface area (Å²) in [5, 5.41) is 14.7. The highest BCUT2D eigenvalue weighted by atomic mass is 32.2. The van der Waals surface area contributed by atoms with Gasteiger partial charge in [-0.05, 0) is 42.7 Å². The molecule has 0 aliphatic carbocycles. The molecule has 2 aromatic rings. The molecule has 1 fully saturated rings. The zero-order valence-electron chi connectivity index (χ0n) is 18.3. The minimum absolute atomic E-state index is 0.0792. The average molecular weight is 466 g/mol. The fourth-order valence-electron chi connectivity index (χ4n) is 3.66. The Kier molecular flexibility index (Phi) is 7.41. The van der Waals surface area contributed by atoms with E-state index in [2.05, 4.69) is 5.32 Å². The van der Waals surface area contributed by atoms with Crippen LogP contribution in [-0.2, 0) is 16.6 Å². The van der Waals surface area contributed by atoms with Crippen LogP contribution in [0.5, 0.6) is 17.2 Å². The molecule has 0 spiro atoms. The van der Waals surface area contributed by atoms with Gasteiger partial charge in [-0.25, -0.2) is 8.42 Å². The Morgan fingerprint density at radius 2 is 1.62 bits per heavy atom. The number of benzene rings is 2. The van der Waals surface area contributed by atoms with Crippen LogP contribution >= 0.6 is 0 Å². The van der Waals surface area contributed by atoms with E-state index in [9.17, 15) is 18.5 Å². The maximum absolute atomic E-state index is 12.9. The highest BCUT2D eigenvalue weighted by Gasteiger charge is 2.28. The molecule has 1 aliphatic heterocycles. The first-order chi connectivity index (χ1) is 15.3. The highest BCUT2D eigenvalue weighted by molar-refractivity contribution is 7.89. The summed E-state index contributed by atoms with van der Waals surface area (Å²) >= 11 is 0. The lowest BCUT2D eigenvalue weighted by Gasteiger charge is -2.25. The molecule has 1 heterocycles. The van der Waals surface area contributed by atoms with Crippen LogP contribution in [-0.4, -0.2) is 52.1 Å². The van der Waals surface area contributed by atoms with Gasteiger partial charge >= 0.3 is 0 Å². The van der Waals surface area contributed by atoms with E-state index in [1.807, 2.05) is 0 Å². The summed E-state index contributed by atoms with van der Waals surface area (Å²) < 4.78 is 43.1. The molecule has 1 saturated heterocycles. The molecule has 174 valence electrons. The third kappa shape index (κ3) is 4.89. The predicted octanol–water partition coefficient (Wildman–Crippen LogP) is 3.41. The lowest BCUT2D eigenvalue weighted by atomic mass is 10.1. The number of hydrogen-bond acceptors (Lipinski definition) is 8. The van der Waals surface area contributed by atoms with Crippen LogP contribution in [0, 0.1) is 10.1 Å². The molecule has 2 aromatic carbocycles. The summed E-state index contributed by atoms with van der Waals surface area (Å²) in [4.78, 5) is 11.0. The van der Waals surface area contributed by atoms with Crippen molar-refractivity contribution in [2.75, 3.05) is 39.7 Å². The Balaban J connectivity index is 1.87. The quantitative estimate of drug-likeness (QED) is 0.442. The SMILES string of the molecule is COc1cc(CNc2ccc(S(=O)(=O)N3CCCCC3)cc2[N+](=O)[O-])cc(OC)c1OC. The Labute approximate surface area is 187 Å². The third-order valence-corrected chi connectivity index (χ3v) is 7.22. The van der Waals surface area contributed by atoms with E-state index in [1.54, 1.807) is 12.1 Å². The van der Waals surface area contributed by atoms with E-state index < -0.39 is 14.9 Å². The number of ether oxygens (including phenoxy) is 3. The molecule has 3 rings (SSSR count). The zero-order valence-corrected chi connectivity index (χ0v) is 19.1. The Morgan fingerprint density at radius 3 is 2.16 bits per heavy atom. The van der Waals surface area contributed by atoms with Crippen LogP contribution in [0.2, 0.25) is 0 Å². The smallest absolute Gasteiger partial charge is 0.293 e. The highest BCUT2D eigenvalue weighted by Crippen LogP contribution is 2.38. The van der Waals surface area contributed by atoms with E-state index >= 15 is 0 Å². The molecule has 11 heteroatoms. The molecule has 10 nitrogen and oxygen atoms in total. The number of anilines is 1. The van der Waals surface area contributed by atoms with Crippen LogP contribution < -0.4 is 19.5 Å². The maximum Gasteiger partial charge on any atom is 0.293 e. The van der Waals surface area contributed by atoms with Crippen LogP contribution in [0.1, 0.15) is 24.8 Å². The van der Waals surface area contributed by atoms with Crippen molar-refractivity contribution in [2.24, 2.45) is 0 Å². The predicted molar refractivity (Wildman–Crippen MR) is 119 cm³/mol. The minimum atomic E-state index is -3.77. The number of piperidine rings is 1. The zero-order chi connectivity index (χ0) is 23.3. The van der Waals surface area contributed by atoms with Gasteiger partial charge in [0.1, 0.15) is 5.69 Å². The minimum Gasteiger partial charge on any atom is -0.493 e. The van der Waals surface area contributed by atoms with Crippen molar-refractivity contribution in [1.29, 1.82) is 0 Å². The fraction of sp³-hybridized carbons (Fsp3) is 0.429. The maximum atomic E-state index is 12.9. The van der Waals surface area contributed by atoms with E-state index in [0.29, 0.717) is 30.3 Å². The van der Waals surface area contributed by atoms with Gasteiger partial charge in [0.15, 0.2) is 11.5 Å². The number of nitrogens with zero attached hydrogens (tertiary/aromatic N) is 2. The summed E-state index contributed by atoms with van der Waals surface area (Å²) in [7, 11) is 0.729. The monoisotopic (exact) mass is 465 g/mol. The number of rotatable bonds is 9. The number of sulfonamides is 1. The molecule has 0 atom stereocenters. The molecule has 0 amide bonds. The molecule has 0 unspecified atom stereocenters. The molecule has 0 saturated carbocycles. The second kappa shape index (κ2) is 10.0. The van der Waals surface area contributed by atoms with Gasteiger partial charge in [-0.15, -0.1) is 0 Å². The first kappa shape index (κ1) is 23.6. The van der Waals surface area contributed by atoms with E-state index in [4.69, 9.17) is 14.2 Å². The number of nitrogens with one attached hydrogen (secondary N) is 1. The van der Waals surface area contributed by atoms with Gasteiger partial charge in [-0.1, -0.05) is 6.42 Å². The number of hydrogen-bond donors (Lipinski definition) is 1. The van der Waals surface area contributed by atoms with Crippen molar-refractivity contribution in [2.45, 2.75) is 30.7 Å². The number of nitro benzene ring substituents is 1. The molecular weight excluding hydrogens is 438 g/mol. The van der Waals surface area contributed by atoms with Gasteiger partial charge in [-0.3, -0.25) is 10.1 Å². The van der Waals surface area contributed by atoms with Crippen molar-refractivity contribution in [3.05, 3.63) is 46.0 Å². The molecule has 0 bridgehead atoms. The summed E-state index contributed by atoms with van der Waals surface area (Å²) in [5.74, 6) is 1.36. The van der Waals surface area contributed by atoms with Crippen LogP contribution in [0.4, 0.5) is 11.4 Å². The number of nitro groups is 1. The van der Waals surface area contributed by atoms with E-state index in [-0.39, 0.29) is 22.8 Å².